The molecule has 3 heteroatoms. The first-order valence-corrected chi connectivity index (χ1v) is 8.93. The number of hydrogen-bond donors (Lipinski definition) is 1. The van der Waals surface area contributed by atoms with Crippen LogP contribution in [0.25, 0.3) is 33.6 Å². The van der Waals surface area contributed by atoms with E-state index in [-0.39, 0.29) is 5.91 Å². The van der Waals surface area contributed by atoms with Crippen molar-refractivity contribution in [3.8, 4) is 33.6 Å². The van der Waals surface area contributed by atoms with E-state index >= 15 is 0 Å². The molecule has 0 aliphatic rings. The standard InChI is InChI=1S/C24H20N2O/c1-18(27)25-26-23(20-13-7-3-8-14-20)17-22(19-11-5-2-6-12-19)24(26)21-15-9-4-10-16-21/h2-17H,1H3,(H,25,27). The van der Waals surface area contributed by atoms with Gasteiger partial charge in [0.15, 0.2) is 0 Å². The number of amides is 1. The van der Waals surface area contributed by atoms with Gasteiger partial charge in [0.25, 0.3) is 0 Å². The van der Waals surface area contributed by atoms with Crippen molar-refractivity contribution in [3.05, 3.63) is 97.1 Å². The zero-order valence-electron chi connectivity index (χ0n) is 15.1. The molecule has 0 aliphatic carbocycles. The molecule has 0 saturated heterocycles. The van der Waals surface area contributed by atoms with Crippen LogP contribution in [0.3, 0.4) is 0 Å². The van der Waals surface area contributed by atoms with Crippen LogP contribution in [-0.2, 0) is 4.79 Å². The van der Waals surface area contributed by atoms with Gasteiger partial charge in [0, 0.05) is 23.6 Å². The maximum absolute atomic E-state index is 12.0. The van der Waals surface area contributed by atoms with E-state index < -0.39 is 0 Å². The second kappa shape index (κ2) is 7.34. The molecule has 1 N–H and O–H groups in total. The Kier molecular flexibility index (Phi) is 4.58. The van der Waals surface area contributed by atoms with Crippen molar-refractivity contribution >= 4 is 5.91 Å². The molecule has 27 heavy (non-hydrogen) atoms. The average molecular weight is 352 g/mol. The number of nitrogens with zero attached hydrogens (tertiary/aromatic N) is 1. The van der Waals surface area contributed by atoms with Gasteiger partial charge in [-0.15, -0.1) is 0 Å². The van der Waals surface area contributed by atoms with Gasteiger partial charge in [-0.25, -0.2) is 0 Å². The molecule has 3 aromatic carbocycles. The minimum atomic E-state index is -0.112. The molecule has 0 aliphatic heterocycles. The van der Waals surface area contributed by atoms with Crippen LogP contribution in [-0.4, -0.2) is 10.6 Å². The Hall–Kier alpha value is -3.59. The summed E-state index contributed by atoms with van der Waals surface area (Å²) in [7, 11) is 0. The van der Waals surface area contributed by atoms with Gasteiger partial charge in [-0.1, -0.05) is 91.0 Å². The molecule has 1 heterocycles. The highest BCUT2D eigenvalue weighted by molar-refractivity contribution is 5.90. The fourth-order valence-corrected chi connectivity index (χ4v) is 3.32. The first kappa shape index (κ1) is 16.9. The molecule has 4 rings (SSSR count). The number of carbonyl (C=O) groups excluding carboxylic acids is 1. The lowest BCUT2D eigenvalue weighted by Crippen LogP contribution is -2.21. The Balaban J connectivity index is 2.04. The zero-order chi connectivity index (χ0) is 18.6. The largest absolute Gasteiger partial charge is 0.274 e. The van der Waals surface area contributed by atoms with Crippen LogP contribution in [0.2, 0.25) is 0 Å². The maximum Gasteiger partial charge on any atom is 0.235 e. The monoisotopic (exact) mass is 352 g/mol. The molecule has 0 fully saturated rings. The molecule has 3 nitrogen and oxygen atoms in total. The van der Waals surface area contributed by atoms with Gasteiger partial charge in [0.1, 0.15) is 0 Å². The summed E-state index contributed by atoms with van der Waals surface area (Å²) in [4.78, 5) is 12.0. The molecule has 132 valence electrons. The quantitative estimate of drug-likeness (QED) is 0.511. The number of aromatic nitrogens is 1. The van der Waals surface area contributed by atoms with E-state index in [0.717, 1.165) is 33.6 Å². The molecule has 0 spiro atoms. The number of benzene rings is 3. The van der Waals surface area contributed by atoms with Crippen molar-refractivity contribution in [1.82, 2.24) is 4.68 Å². The number of nitrogens with one attached hydrogen (secondary N) is 1. The van der Waals surface area contributed by atoms with E-state index in [0.29, 0.717) is 0 Å². The van der Waals surface area contributed by atoms with Crippen LogP contribution in [0.4, 0.5) is 0 Å². The smallest absolute Gasteiger partial charge is 0.235 e. The van der Waals surface area contributed by atoms with Gasteiger partial charge in [-0.3, -0.25) is 14.9 Å². The van der Waals surface area contributed by atoms with Crippen molar-refractivity contribution < 1.29 is 4.79 Å². The van der Waals surface area contributed by atoms with E-state index in [1.165, 1.54) is 6.92 Å². The lowest BCUT2D eigenvalue weighted by Gasteiger charge is -2.15. The minimum absolute atomic E-state index is 0.112. The van der Waals surface area contributed by atoms with Crippen LogP contribution >= 0.6 is 0 Å². The molecule has 0 bridgehead atoms. The predicted molar refractivity (Wildman–Crippen MR) is 111 cm³/mol. The normalized spacial score (nSPS) is 10.6. The third-order valence-corrected chi connectivity index (χ3v) is 4.47. The van der Waals surface area contributed by atoms with Crippen molar-refractivity contribution in [2.45, 2.75) is 6.92 Å². The van der Waals surface area contributed by atoms with Crippen molar-refractivity contribution in [3.63, 3.8) is 0 Å². The van der Waals surface area contributed by atoms with Gasteiger partial charge in [0.05, 0.1) is 11.4 Å². The van der Waals surface area contributed by atoms with Gasteiger partial charge < -0.3 is 0 Å². The van der Waals surface area contributed by atoms with Crippen LogP contribution in [0.1, 0.15) is 6.92 Å². The first-order valence-electron chi connectivity index (χ1n) is 8.93. The molecule has 0 unspecified atom stereocenters. The highest BCUT2D eigenvalue weighted by Crippen LogP contribution is 2.38. The van der Waals surface area contributed by atoms with E-state index in [9.17, 15) is 4.79 Å². The van der Waals surface area contributed by atoms with Crippen molar-refractivity contribution in [2.75, 3.05) is 5.43 Å². The molecular weight excluding hydrogens is 332 g/mol. The predicted octanol–water partition coefficient (Wildman–Crippen LogP) is 5.58. The highest BCUT2D eigenvalue weighted by Gasteiger charge is 2.19. The van der Waals surface area contributed by atoms with Crippen LogP contribution < -0.4 is 5.43 Å². The molecule has 0 saturated carbocycles. The summed E-state index contributed by atoms with van der Waals surface area (Å²) < 4.78 is 1.90. The molecule has 1 amide bonds. The zero-order valence-corrected chi connectivity index (χ0v) is 15.1. The van der Waals surface area contributed by atoms with E-state index in [2.05, 4.69) is 47.9 Å². The Morgan fingerprint density at radius 1 is 0.704 bits per heavy atom. The third kappa shape index (κ3) is 3.40. The number of hydrogen-bond acceptors (Lipinski definition) is 1. The minimum Gasteiger partial charge on any atom is -0.274 e. The summed E-state index contributed by atoms with van der Waals surface area (Å²) in [6.45, 7) is 1.53. The second-order valence-corrected chi connectivity index (χ2v) is 6.39. The molecule has 4 aromatic rings. The Morgan fingerprint density at radius 2 is 1.19 bits per heavy atom. The molecule has 1 aromatic heterocycles. The molecular formula is C24H20N2O. The number of rotatable bonds is 4. The Bertz CT molecular complexity index is 1050. The topological polar surface area (TPSA) is 34.0 Å². The van der Waals surface area contributed by atoms with E-state index in [1.807, 2.05) is 59.3 Å². The summed E-state index contributed by atoms with van der Waals surface area (Å²) in [5, 5.41) is 0. The highest BCUT2D eigenvalue weighted by atomic mass is 16.2. The SMILES string of the molecule is CC(=O)Nn1c(-c2ccccc2)cc(-c2ccccc2)c1-c1ccccc1. The lowest BCUT2D eigenvalue weighted by atomic mass is 10.0. The third-order valence-electron chi connectivity index (χ3n) is 4.47. The summed E-state index contributed by atoms with van der Waals surface area (Å²) in [5.74, 6) is -0.112. The lowest BCUT2D eigenvalue weighted by molar-refractivity contribution is -0.115. The van der Waals surface area contributed by atoms with Gasteiger partial charge in [-0.2, -0.15) is 0 Å². The Labute approximate surface area is 158 Å². The van der Waals surface area contributed by atoms with Gasteiger partial charge >= 0.3 is 0 Å². The number of carbonyl (C=O) groups is 1. The molecule has 0 radical (unpaired) electrons. The average Bonchev–Trinajstić information content (AvgIpc) is 3.08. The van der Waals surface area contributed by atoms with Gasteiger partial charge in [-0.05, 0) is 11.6 Å². The van der Waals surface area contributed by atoms with E-state index in [4.69, 9.17) is 0 Å². The summed E-state index contributed by atoms with van der Waals surface area (Å²) in [6.07, 6.45) is 0. The Morgan fingerprint density at radius 3 is 1.70 bits per heavy atom. The summed E-state index contributed by atoms with van der Waals surface area (Å²) >= 11 is 0. The first-order chi connectivity index (χ1) is 13.2. The molecule has 0 atom stereocenters. The second-order valence-electron chi connectivity index (χ2n) is 6.39. The van der Waals surface area contributed by atoms with Crippen molar-refractivity contribution in [2.24, 2.45) is 0 Å². The van der Waals surface area contributed by atoms with Gasteiger partial charge in [0.2, 0.25) is 5.91 Å². The summed E-state index contributed by atoms with van der Waals surface area (Å²) in [5.41, 5.74) is 9.21. The van der Waals surface area contributed by atoms with E-state index in [1.54, 1.807) is 0 Å². The fourth-order valence-electron chi connectivity index (χ4n) is 3.32. The van der Waals surface area contributed by atoms with Crippen LogP contribution in [0, 0.1) is 0 Å². The van der Waals surface area contributed by atoms with Crippen molar-refractivity contribution in [1.29, 1.82) is 0 Å². The van der Waals surface area contributed by atoms with Crippen LogP contribution in [0.5, 0.6) is 0 Å². The fraction of sp³-hybridized carbons (Fsp3) is 0.0417. The summed E-state index contributed by atoms with van der Waals surface area (Å²) in [6, 6.07) is 32.6. The maximum atomic E-state index is 12.0. The van der Waals surface area contributed by atoms with Crippen LogP contribution in [0.15, 0.2) is 97.1 Å².